The second-order valence-corrected chi connectivity index (χ2v) is 6.73. The molecule has 0 saturated heterocycles. The average Bonchev–Trinajstić information content (AvgIpc) is 2.69. The number of hydrogen-bond donors (Lipinski definition) is 1. The highest BCUT2D eigenvalue weighted by Crippen LogP contribution is 2.29. The van der Waals surface area contributed by atoms with Crippen molar-refractivity contribution in [2.45, 2.75) is 0 Å². The SMILES string of the molecule is O=S=NC(=O)O.c1ccc2cc3cc4cc5ccccc5cc4cc3cc2c1. The number of carbonyl (C=O) groups is 1. The standard InChI is InChI=1S/C22H14.CHNO3S/c1-2-6-16-10-20-14-22-12-18-8-4-3-7-17(18)11-21(22)13-19(20)9-15(16)5-1;3-1(4)2-6-5/h1-14H;(H,3,4). The molecule has 5 rings (SSSR count). The number of carboxylic acid groups (broad SMARTS) is 1. The topological polar surface area (TPSA) is 66.7 Å². The molecule has 0 bridgehead atoms. The van der Waals surface area contributed by atoms with E-state index in [1.807, 2.05) is 0 Å². The molecule has 0 heterocycles. The number of benzene rings is 5. The van der Waals surface area contributed by atoms with Crippen LogP contribution in [0.4, 0.5) is 4.79 Å². The van der Waals surface area contributed by atoms with Crippen molar-refractivity contribution in [2.24, 2.45) is 4.36 Å². The molecule has 5 aromatic carbocycles. The lowest BCUT2D eigenvalue weighted by Gasteiger charge is -2.07. The number of hydrogen-bond acceptors (Lipinski definition) is 2. The summed E-state index contributed by atoms with van der Waals surface area (Å²) in [6, 6.07) is 30.9. The van der Waals surface area contributed by atoms with Crippen molar-refractivity contribution in [1.82, 2.24) is 0 Å². The van der Waals surface area contributed by atoms with Crippen molar-refractivity contribution in [3.8, 4) is 0 Å². The van der Waals surface area contributed by atoms with Gasteiger partial charge in [-0.25, -0.2) is 4.79 Å². The molecule has 136 valence electrons. The van der Waals surface area contributed by atoms with Gasteiger partial charge in [0, 0.05) is 0 Å². The second-order valence-electron chi connectivity index (χ2n) is 6.39. The Bertz CT molecular complexity index is 1220. The van der Waals surface area contributed by atoms with Gasteiger partial charge in [-0.1, -0.05) is 52.9 Å². The Kier molecular flexibility index (Phi) is 4.83. The third-order valence-corrected chi connectivity index (χ3v) is 4.87. The fourth-order valence-electron chi connectivity index (χ4n) is 3.42. The first-order valence-electron chi connectivity index (χ1n) is 8.62. The normalized spacial score (nSPS) is 10.6. The van der Waals surface area contributed by atoms with Gasteiger partial charge >= 0.3 is 6.09 Å². The molecule has 0 spiro atoms. The summed E-state index contributed by atoms with van der Waals surface area (Å²) in [6.45, 7) is 0. The lowest BCUT2D eigenvalue weighted by atomic mass is 9.97. The van der Waals surface area contributed by atoms with Crippen LogP contribution < -0.4 is 0 Å². The second kappa shape index (κ2) is 7.58. The third-order valence-electron chi connectivity index (χ3n) is 4.64. The highest BCUT2D eigenvalue weighted by atomic mass is 32.1. The maximum atomic E-state index is 9.21. The van der Waals surface area contributed by atoms with Crippen LogP contribution in [0.3, 0.4) is 0 Å². The largest absolute Gasteiger partial charge is 0.463 e. The van der Waals surface area contributed by atoms with E-state index in [1.54, 1.807) is 0 Å². The van der Waals surface area contributed by atoms with Gasteiger partial charge in [-0.05, 0) is 79.5 Å². The molecule has 28 heavy (non-hydrogen) atoms. The Balaban J connectivity index is 0.000000283. The van der Waals surface area contributed by atoms with Gasteiger partial charge in [0.25, 0.3) is 0 Å². The van der Waals surface area contributed by atoms with Crippen molar-refractivity contribution >= 4 is 60.6 Å². The molecule has 4 nitrogen and oxygen atoms in total. The molecular formula is C23H15NO3S. The van der Waals surface area contributed by atoms with Gasteiger partial charge < -0.3 is 5.11 Å². The molecule has 0 saturated carbocycles. The smallest absolute Gasteiger partial charge is 0.444 e. The minimum atomic E-state index is -1.44. The zero-order chi connectivity index (χ0) is 19.5. The summed E-state index contributed by atoms with van der Waals surface area (Å²) in [5.41, 5.74) is 0. The van der Waals surface area contributed by atoms with Crippen LogP contribution in [0, 0.1) is 0 Å². The summed E-state index contributed by atoms with van der Waals surface area (Å²) in [5.74, 6) is 0. The van der Waals surface area contributed by atoms with E-state index >= 15 is 0 Å². The van der Waals surface area contributed by atoms with Gasteiger partial charge in [-0.2, -0.15) is 4.21 Å². The number of amides is 1. The maximum absolute atomic E-state index is 9.21. The molecule has 0 aliphatic heterocycles. The van der Waals surface area contributed by atoms with E-state index in [1.165, 1.54) is 43.1 Å². The fraction of sp³-hybridized carbons (Fsp3) is 0. The molecule has 1 amide bonds. The van der Waals surface area contributed by atoms with Gasteiger partial charge in [0.1, 0.15) is 0 Å². The lowest BCUT2D eigenvalue weighted by molar-refractivity contribution is 0.206. The molecule has 0 fully saturated rings. The van der Waals surface area contributed by atoms with Crippen LogP contribution in [-0.2, 0) is 11.5 Å². The molecule has 5 heteroatoms. The van der Waals surface area contributed by atoms with E-state index in [-0.39, 0.29) is 11.5 Å². The zero-order valence-corrected chi connectivity index (χ0v) is 15.5. The molecule has 0 aromatic heterocycles. The van der Waals surface area contributed by atoms with Crippen LogP contribution in [0.15, 0.2) is 89.3 Å². The van der Waals surface area contributed by atoms with Gasteiger partial charge in [0.2, 0.25) is 11.5 Å². The predicted molar refractivity (Wildman–Crippen MR) is 115 cm³/mol. The Morgan fingerprint density at radius 1 is 0.607 bits per heavy atom. The first-order valence-corrected chi connectivity index (χ1v) is 9.32. The minimum absolute atomic E-state index is 0.315. The first-order chi connectivity index (χ1) is 13.6. The van der Waals surface area contributed by atoms with Crippen LogP contribution in [0.25, 0.3) is 43.1 Å². The van der Waals surface area contributed by atoms with E-state index in [9.17, 15) is 4.79 Å². The fourth-order valence-corrected chi connectivity index (χ4v) is 3.48. The molecule has 5 aromatic rings. The lowest BCUT2D eigenvalue weighted by Crippen LogP contribution is -1.80. The van der Waals surface area contributed by atoms with E-state index in [4.69, 9.17) is 9.32 Å². The van der Waals surface area contributed by atoms with E-state index in [0.717, 1.165) is 0 Å². The zero-order valence-electron chi connectivity index (χ0n) is 14.7. The van der Waals surface area contributed by atoms with Crippen molar-refractivity contribution in [3.05, 3.63) is 84.9 Å². The minimum Gasteiger partial charge on any atom is -0.463 e. The van der Waals surface area contributed by atoms with Crippen LogP contribution in [0.2, 0.25) is 0 Å². The quantitative estimate of drug-likeness (QED) is 0.315. The molecule has 0 unspecified atom stereocenters. The number of fused-ring (bicyclic) bond motifs is 4. The number of rotatable bonds is 0. The van der Waals surface area contributed by atoms with Crippen LogP contribution in [0.5, 0.6) is 0 Å². The maximum Gasteiger partial charge on any atom is 0.444 e. The van der Waals surface area contributed by atoms with Crippen molar-refractivity contribution < 1.29 is 14.1 Å². The van der Waals surface area contributed by atoms with Crippen molar-refractivity contribution in [3.63, 3.8) is 0 Å². The van der Waals surface area contributed by atoms with Crippen molar-refractivity contribution in [2.75, 3.05) is 0 Å². The predicted octanol–water partition coefficient (Wildman–Crippen LogP) is 6.36. The van der Waals surface area contributed by atoms with E-state index < -0.39 is 6.09 Å². The van der Waals surface area contributed by atoms with E-state index in [0.29, 0.717) is 0 Å². The molecular weight excluding hydrogens is 370 g/mol. The highest BCUT2D eigenvalue weighted by molar-refractivity contribution is 7.55. The molecule has 0 atom stereocenters. The van der Waals surface area contributed by atoms with E-state index in [2.05, 4.69) is 89.3 Å². The molecule has 1 N–H and O–H groups in total. The van der Waals surface area contributed by atoms with Gasteiger partial charge in [0.05, 0.1) is 0 Å². The Hall–Kier alpha value is -3.57. The van der Waals surface area contributed by atoms with Gasteiger partial charge in [-0.3, -0.25) is 0 Å². The molecule has 0 aliphatic carbocycles. The third kappa shape index (κ3) is 3.61. The summed E-state index contributed by atoms with van der Waals surface area (Å²) >= 11 is -0.315. The summed E-state index contributed by atoms with van der Waals surface area (Å²) in [7, 11) is 0. The van der Waals surface area contributed by atoms with Crippen molar-refractivity contribution in [1.29, 1.82) is 0 Å². The molecule has 0 aliphatic rings. The summed E-state index contributed by atoms with van der Waals surface area (Å²) < 4.78 is 11.5. The first kappa shape index (κ1) is 17.8. The van der Waals surface area contributed by atoms with Crippen LogP contribution in [-0.4, -0.2) is 15.4 Å². The summed E-state index contributed by atoms with van der Waals surface area (Å²) in [5, 5.41) is 18.0. The summed E-state index contributed by atoms with van der Waals surface area (Å²) in [6.07, 6.45) is -1.44. The Labute approximate surface area is 164 Å². The van der Waals surface area contributed by atoms with Gasteiger partial charge in [0.15, 0.2) is 0 Å². The van der Waals surface area contributed by atoms with Gasteiger partial charge in [-0.15, -0.1) is 0 Å². The molecule has 0 radical (unpaired) electrons. The average molecular weight is 385 g/mol. The van der Waals surface area contributed by atoms with Crippen LogP contribution in [0.1, 0.15) is 0 Å². The summed E-state index contributed by atoms with van der Waals surface area (Å²) in [4.78, 5) is 9.21. The van der Waals surface area contributed by atoms with Crippen LogP contribution >= 0.6 is 0 Å². The highest BCUT2D eigenvalue weighted by Gasteiger charge is 2.02. The Morgan fingerprint density at radius 3 is 1.11 bits per heavy atom. The number of nitrogens with zero attached hydrogens (tertiary/aromatic N) is 1. The monoisotopic (exact) mass is 385 g/mol. The Morgan fingerprint density at radius 2 is 0.893 bits per heavy atom.